The second-order valence-corrected chi connectivity index (χ2v) is 9.63. The van der Waals surface area contributed by atoms with Crippen molar-refractivity contribution < 1.29 is 4.79 Å². The topological polar surface area (TPSA) is 75.9 Å². The molecule has 0 aromatic carbocycles. The third-order valence-electron chi connectivity index (χ3n) is 6.92. The molecule has 0 saturated heterocycles. The first-order valence-corrected chi connectivity index (χ1v) is 11.2. The number of anilines is 1. The van der Waals surface area contributed by atoms with E-state index in [1.54, 1.807) is 6.20 Å². The molecule has 2 aromatic heterocycles. The average Bonchev–Trinajstić information content (AvgIpc) is 3.34. The van der Waals surface area contributed by atoms with Crippen LogP contribution in [-0.2, 0) is 11.3 Å². The number of carbonyl (C=O) groups is 1. The third kappa shape index (κ3) is 3.64. The van der Waals surface area contributed by atoms with Crippen LogP contribution in [0.5, 0.6) is 0 Å². The maximum Gasteiger partial charge on any atom is 0.235 e. The van der Waals surface area contributed by atoms with Gasteiger partial charge in [0.05, 0.1) is 23.5 Å². The Morgan fingerprint density at radius 3 is 2.80 bits per heavy atom. The largest absolute Gasteiger partial charge is 0.309 e. The van der Waals surface area contributed by atoms with Crippen LogP contribution in [0.1, 0.15) is 53.9 Å². The molecule has 2 aromatic rings. The lowest BCUT2D eigenvalue weighted by molar-refractivity contribution is -0.124. The van der Waals surface area contributed by atoms with E-state index in [0.29, 0.717) is 29.7 Å². The number of aromatic nitrogens is 4. The first kappa shape index (κ1) is 21.0. The molecule has 0 aliphatic heterocycles. The van der Waals surface area contributed by atoms with Gasteiger partial charge in [-0.1, -0.05) is 19.1 Å². The molecular formula is C23H34N6O. The highest BCUT2D eigenvalue weighted by Crippen LogP contribution is 2.53. The molecule has 4 rings (SSSR count). The molecule has 3 unspecified atom stereocenters. The molecule has 3 atom stereocenters. The minimum Gasteiger partial charge on any atom is -0.309 e. The van der Waals surface area contributed by atoms with Crippen LogP contribution in [0.3, 0.4) is 0 Å². The summed E-state index contributed by atoms with van der Waals surface area (Å²) in [5.74, 6) is 1.60. The molecule has 2 heterocycles. The quantitative estimate of drug-likeness (QED) is 0.701. The number of allylic oxidation sites excluding steroid dienone is 1. The molecule has 30 heavy (non-hydrogen) atoms. The zero-order chi connectivity index (χ0) is 21.5. The van der Waals surface area contributed by atoms with Crippen LogP contribution in [0.4, 0.5) is 5.82 Å². The van der Waals surface area contributed by atoms with Crippen molar-refractivity contribution in [3.05, 3.63) is 24.7 Å². The molecule has 0 radical (unpaired) electrons. The molecule has 1 fully saturated rings. The second-order valence-electron chi connectivity index (χ2n) is 9.63. The third-order valence-corrected chi connectivity index (χ3v) is 6.92. The maximum atomic E-state index is 13.3. The first-order valence-electron chi connectivity index (χ1n) is 11.2. The smallest absolute Gasteiger partial charge is 0.235 e. The van der Waals surface area contributed by atoms with E-state index in [-0.39, 0.29) is 11.3 Å². The van der Waals surface area contributed by atoms with Crippen LogP contribution in [0.15, 0.2) is 24.7 Å². The molecule has 1 saturated carbocycles. The average molecular weight is 411 g/mol. The number of hydrogen-bond acceptors (Lipinski definition) is 5. The Hall–Kier alpha value is -2.28. The summed E-state index contributed by atoms with van der Waals surface area (Å²) in [6.07, 6.45) is 10.6. The fourth-order valence-corrected chi connectivity index (χ4v) is 5.53. The summed E-state index contributed by atoms with van der Waals surface area (Å²) in [4.78, 5) is 24.6. The van der Waals surface area contributed by atoms with Crippen molar-refractivity contribution in [1.82, 2.24) is 24.6 Å². The van der Waals surface area contributed by atoms with Gasteiger partial charge in [-0.2, -0.15) is 5.10 Å². The van der Waals surface area contributed by atoms with Crippen molar-refractivity contribution in [2.24, 2.45) is 17.3 Å². The SMILES string of the molecule is CC1CC2CC=CC2(C(=O)Nc2ncnc3c2cnn3CCN(C(C)C)C(C)C)C1. The van der Waals surface area contributed by atoms with Gasteiger partial charge in [-0.3, -0.25) is 9.69 Å². The van der Waals surface area contributed by atoms with Crippen molar-refractivity contribution in [1.29, 1.82) is 0 Å². The fourth-order valence-electron chi connectivity index (χ4n) is 5.53. The van der Waals surface area contributed by atoms with Crippen LogP contribution < -0.4 is 5.32 Å². The van der Waals surface area contributed by atoms with Gasteiger partial charge < -0.3 is 5.32 Å². The molecule has 2 aliphatic carbocycles. The van der Waals surface area contributed by atoms with E-state index < -0.39 is 0 Å². The number of nitrogens with zero attached hydrogens (tertiary/aromatic N) is 5. The van der Waals surface area contributed by atoms with Gasteiger partial charge >= 0.3 is 0 Å². The fraction of sp³-hybridized carbons (Fsp3) is 0.652. The Labute approximate surface area is 178 Å². The number of rotatable bonds is 7. The summed E-state index contributed by atoms with van der Waals surface area (Å²) in [7, 11) is 0. The molecule has 2 aliphatic rings. The van der Waals surface area contributed by atoms with E-state index in [1.165, 1.54) is 6.33 Å². The van der Waals surface area contributed by atoms with Crippen molar-refractivity contribution in [3.63, 3.8) is 0 Å². The Bertz CT molecular complexity index is 940. The highest BCUT2D eigenvalue weighted by molar-refractivity contribution is 6.02. The lowest BCUT2D eigenvalue weighted by Crippen LogP contribution is -2.39. The molecule has 1 N–H and O–H groups in total. The predicted molar refractivity (Wildman–Crippen MR) is 119 cm³/mol. The van der Waals surface area contributed by atoms with Gasteiger partial charge in [-0.15, -0.1) is 0 Å². The molecule has 0 spiro atoms. The number of nitrogens with one attached hydrogen (secondary N) is 1. The van der Waals surface area contributed by atoms with E-state index in [0.717, 1.165) is 43.4 Å². The predicted octanol–water partition coefficient (Wildman–Crippen LogP) is 3.88. The Kier molecular flexibility index (Phi) is 5.66. The van der Waals surface area contributed by atoms with Crippen LogP contribution >= 0.6 is 0 Å². The second kappa shape index (κ2) is 8.10. The Morgan fingerprint density at radius 2 is 2.07 bits per heavy atom. The van der Waals surface area contributed by atoms with Gasteiger partial charge in [0.1, 0.15) is 12.1 Å². The highest BCUT2D eigenvalue weighted by Gasteiger charge is 2.51. The van der Waals surface area contributed by atoms with Crippen molar-refractivity contribution in [2.45, 2.75) is 72.5 Å². The summed E-state index contributed by atoms with van der Waals surface area (Å²) in [5, 5.41) is 8.47. The molecule has 7 nitrogen and oxygen atoms in total. The van der Waals surface area contributed by atoms with Gasteiger partial charge in [-0.05, 0) is 58.8 Å². The monoisotopic (exact) mass is 410 g/mol. The van der Waals surface area contributed by atoms with Gasteiger partial charge in [-0.25, -0.2) is 14.6 Å². The minimum atomic E-state index is -0.387. The Morgan fingerprint density at radius 1 is 1.30 bits per heavy atom. The molecule has 162 valence electrons. The van der Waals surface area contributed by atoms with Crippen LogP contribution in [0.25, 0.3) is 11.0 Å². The lowest BCUT2D eigenvalue weighted by atomic mass is 9.80. The summed E-state index contributed by atoms with van der Waals surface area (Å²) in [5.41, 5.74) is 0.380. The molecule has 1 amide bonds. The van der Waals surface area contributed by atoms with Crippen LogP contribution in [0, 0.1) is 17.3 Å². The summed E-state index contributed by atoms with van der Waals surface area (Å²) in [6.45, 7) is 12.7. The zero-order valence-corrected chi connectivity index (χ0v) is 18.8. The summed E-state index contributed by atoms with van der Waals surface area (Å²) >= 11 is 0. The molecule has 0 bridgehead atoms. The van der Waals surface area contributed by atoms with Crippen molar-refractivity contribution in [2.75, 3.05) is 11.9 Å². The number of amides is 1. The van der Waals surface area contributed by atoms with Gasteiger partial charge in [0.15, 0.2) is 5.65 Å². The van der Waals surface area contributed by atoms with Gasteiger partial charge in [0, 0.05) is 18.6 Å². The number of fused-ring (bicyclic) bond motifs is 2. The van der Waals surface area contributed by atoms with E-state index in [4.69, 9.17) is 0 Å². The van der Waals surface area contributed by atoms with Crippen molar-refractivity contribution >= 4 is 22.8 Å². The standard InChI is InChI=1S/C23H34N6O/c1-15(2)28(16(3)4)9-10-29-21-19(13-26-29)20(24-14-25-21)27-22(30)23-8-6-7-18(23)11-17(5)12-23/h6,8,13-18H,7,9-12H2,1-5H3,(H,24,25,27,30). The lowest BCUT2D eigenvalue weighted by Gasteiger charge is -2.30. The van der Waals surface area contributed by atoms with E-state index in [9.17, 15) is 4.79 Å². The highest BCUT2D eigenvalue weighted by atomic mass is 16.2. The first-order chi connectivity index (χ1) is 14.3. The zero-order valence-electron chi connectivity index (χ0n) is 18.8. The summed E-state index contributed by atoms with van der Waals surface area (Å²) < 4.78 is 1.92. The molecular weight excluding hydrogens is 376 g/mol. The van der Waals surface area contributed by atoms with Crippen LogP contribution in [-0.4, -0.2) is 49.2 Å². The van der Waals surface area contributed by atoms with Crippen LogP contribution in [0.2, 0.25) is 0 Å². The number of hydrogen-bond donors (Lipinski definition) is 1. The normalized spacial score (nSPS) is 25.7. The molecule has 7 heteroatoms. The van der Waals surface area contributed by atoms with Gasteiger partial charge in [0.2, 0.25) is 5.91 Å². The number of carbonyl (C=O) groups excluding carboxylic acids is 1. The van der Waals surface area contributed by atoms with Gasteiger partial charge in [0.25, 0.3) is 0 Å². The van der Waals surface area contributed by atoms with Crippen molar-refractivity contribution in [3.8, 4) is 0 Å². The maximum absolute atomic E-state index is 13.3. The van der Waals surface area contributed by atoms with E-state index >= 15 is 0 Å². The van der Waals surface area contributed by atoms with E-state index in [2.05, 4.69) is 72.1 Å². The Balaban J connectivity index is 1.54. The minimum absolute atomic E-state index is 0.0594. The summed E-state index contributed by atoms with van der Waals surface area (Å²) in [6, 6.07) is 0.938. The van der Waals surface area contributed by atoms with E-state index in [1.807, 2.05) is 4.68 Å².